The summed E-state index contributed by atoms with van der Waals surface area (Å²) in [4.78, 5) is 0. The standard InChI is InChI=1S/C14H12P/c1-15-10-4-7-14(15)13-9-8-11-5-2-3-6-12(11)13/h2-10H,1H3. The minimum absolute atomic E-state index is 0.0717. The summed E-state index contributed by atoms with van der Waals surface area (Å²) in [5.41, 5.74) is 2.74. The molecule has 1 unspecified atom stereocenters. The zero-order valence-corrected chi connectivity index (χ0v) is 9.54. The first kappa shape index (κ1) is 9.00. The lowest BCUT2D eigenvalue weighted by atomic mass is 9.99. The Morgan fingerprint density at radius 1 is 0.933 bits per heavy atom. The highest BCUT2D eigenvalue weighted by atomic mass is 31.1. The summed E-state index contributed by atoms with van der Waals surface area (Å²) in [7, 11) is -0.0717. The molecule has 1 aliphatic carbocycles. The minimum Gasteiger partial charge on any atom is -0.124 e. The number of hydrogen-bond acceptors (Lipinski definition) is 0. The third-order valence-electron chi connectivity index (χ3n) is 2.90. The highest BCUT2D eigenvalue weighted by molar-refractivity contribution is 7.48. The van der Waals surface area contributed by atoms with Gasteiger partial charge < -0.3 is 0 Å². The normalized spacial score (nSPS) is 15.7. The van der Waals surface area contributed by atoms with E-state index in [9.17, 15) is 0 Å². The fourth-order valence-corrected chi connectivity index (χ4v) is 3.52. The summed E-state index contributed by atoms with van der Waals surface area (Å²) in [5, 5.41) is 1.51. The van der Waals surface area contributed by atoms with E-state index in [1.54, 1.807) is 0 Å². The van der Waals surface area contributed by atoms with Gasteiger partial charge in [-0.15, -0.1) is 7.53 Å². The van der Waals surface area contributed by atoms with Crippen molar-refractivity contribution in [3.05, 3.63) is 70.6 Å². The largest absolute Gasteiger partial charge is 0.124 e. The molecule has 1 aromatic heterocycles. The predicted molar refractivity (Wildman–Crippen MR) is 67.1 cm³/mol. The number of allylic oxidation sites excluding steroid dienone is 1. The average Bonchev–Trinajstić information content (AvgIpc) is 2.83. The van der Waals surface area contributed by atoms with Gasteiger partial charge in [0.2, 0.25) is 0 Å². The van der Waals surface area contributed by atoms with Crippen molar-refractivity contribution in [3.63, 3.8) is 0 Å². The average molecular weight is 211 g/mol. The smallest absolute Gasteiger partial charge is 0.0603 e. The molecule has 0 saturated heterocycles. The van der Waals surface area contributed by atoms with Gasteiger partial charge in [0.25, 0.3) is 0 Å². The van der Waals surface area contributed by atoms with Crippen molar-refractivity contribution in [3.8, 4) is 0 Å². The van der Waals surface area contributed by atoms with E-state index in [2.05, 4.69) is 61.0 Å². The van der Waals surface area contributed by atoms with Crippen LogP contribution in [0.5, 0.6) is 0 Å². The maximum atomic E-state index is 2.31. The molecule has 0 aliphatic heterocycles. The Labute approximate surface area is 91.3 Å². The molecule has 0 saturated carbocycles. The monoisotopic (exact) mass is 211 g/mol. The molecule has 0 bridgehead atoms. The highest BCUT2D eigenvalue weighted by Crippen LogP contribution is 2.43. The number of benzene rings is 1. The lowest BCUT2D eigenvalue weighted by Crippen LogP contribution is -1.93. The summed E-state index contributed by atoms with van der Waals surface area (Å²) < 4.78 is 0. The van der Waals surface area contributed by atoms with E-state index < -0.39 is 0 Å². The first-order chi connectivity index (χ1) is 7.36. The molecule has 1 heteroatoms. The second-order valence-corrected chi connectivity index (χ2v) is 5.84. The Hall–Kier alpha value is -1.26. The molecule has 2 aromatic rings. The van der Waals surface area contributed by atoms with Crippen molar-refractivity contribution >= 4 is 13.6 Å². The molecule has 3 rings (SSSR count). The van der Waals surface area contributed by atoms with Gasteiger partial charge in [0.15, 0.2) is 0 Å². The van der Waals surface area contributed by atoms with Crippen LogP contribution in [0.4, 0.5) is 0 Å². The Balaban J connectivity index is 2.12. The topological polar surface area (TPSA) is 0 Å². The van der Waals surface area contributed by atoms with Gasteiger partial charge in [0.1, 0.15) is 0 Å². The van der Waals surface area contributed by atoms with E-state index in [0.29, 0.717) is 0 Å². The third kappa shape index (κ3) is 1.37. The van der Waals surface area contributed by atoms with E-state index in [4.69, 9.17) is 0 Å². The van der Waals surface area contributed by atoms with E-state index in [0.717, 1.165) is 0 Å². The van der Waals surface area contributed by atoms with Gasteiger partial charge in [-0.05, 0) is 28.9 Å². The predicted octanol–water partition coefficient (Wildman–Crippen LogP) is 4.21. The molecular weight excluding hydrogens is 199 g/mol. The second-order valence-electron chi connectivity index (χ2n) is 3.84. The van der Waals surface area contributed by atoms with E-state index in [1.165, 1.54) is 22.3 Å². The van der Waals surface area contributed by atoms with Crippen LogP contribution in [0.15, 0.2) is 48.3 Å². The molecule has 0 nitrogen and oxygen atoms in total. The van der Waals surface area contributed by atoms with Crippen LogP contribution in [0.2, 0.25) is 0 Å². The quantitative estimate of drug-likeness (QED) is 0.662. The molecule has 1 radical (unpaired) electrons. The SMILES string of the molecule is Cp1cccc1[C]1C=Cc2ccccc21. The molecule has 73 valence electrons. The van der Waals surface area contributed by atoms with Crippen LogP contribution in [0, 0.1) is 5.92 Å². The second kappa shape index (κ2) is 3.40. The van der Waals surface area contributed by atoms with Crippen LogP contribution in [-0.2, 0) is 6.66 Å². The lowest BCUT2D eigenvalue weighted by Gasteiger charge is -2.10. The summed E-state index contributed by atoms with van der Waals surface area (Å²) in [6, 6.07) is 13.1. The molecular formula is C14H12P. The molecule has 1 atom stereocenters. The number of aryl methyl sites for hydroxylation is 1. The first-order valence-corrected chi connectivity index (χ1v) is 6.98. The van der Waals surface area contributed by atoms with Gasteiger partial charge in [0.05, 0.1) is 5.92 Å². The van der Waals surface area contributed by atoms with Gasteiger partial charge in [-0.25, -0.2) is 0 Å². The van der Waals surface area contributed by atoms with Crippen LogP contribution >= 0.6 is 7.53 Å². The van der Waals surface area contributed by atoms with E-state index in [-0.39, 0.29) is 7.53 Å². The van der Waals surface area contributed by atoms with Crippen molar-refractivity contribution in [2.45, 2.75) is 0 Å². The van der Waals surface area contributed by atoms with Crippen molar-refractivity contribution in [1.29, 1.82) is 0 Å². The molecule has 0 spiro atoms. The Kier molecular flexibility index (Phi) is 2.04. The molecule has 1 aromatic carbocycles. The molecule has 0 fully saturated rings. The zero-order valence-electron chi connectivity index (χ0n) is 8.64. The van der Waals surface area contributed by atoms with Gasteiger partial charge in [-0.2, -0.15) is 0 Å². The third-order valence-corrected chi connectivity index (χ3v) is 4.67. The van der Waals surface area contributed by atoms with Crippen molar-refractivity contribution in [2.24, 2.45) is 6.66 Å². The molecule has 0 amide bonds. The molecule has 1 heterocycles. The van der Waals surface area contributed by atoms with Gasteiger partial charge in [-0.1, -0.05) is 48.6 Å². The first-order valence-electron chi connectivity index (χ1n) is 5.12. The van der Waals surface area contributed by atoms with E-state index in [1.807, 2.05) is 0 Å². The van der Waals surface area contributed by atoms with Crippen LogP contribution in [0.25, 0.3) is 6.08 Å². The fraction of sp³-hybridized carbons (Fsp3) is 0.0714. The zero-order chi connectivity index (χ0) is 10.3. The van der Waals surface area contributed by atoms with Gasteiger partial charge in [0, 0.05) is 0 Å². The van der Waals surface area contributed by atoms with E-state index >= 15 is 0 Å². The van der Waals surface area contributed by atoms with Gasteiger partial charge >= 0.3 is 0 Å². The van der Waals surface area contributed by atoms with Crippen LogP contribution < -0.4 is 0 Å². The maximum absolute atomic E-state index is 2.31. The minimum atomic E-state index is -0.0717. The lowest BCUT2D eigenvalue weighted by molar-refractivity contribution is 1.37. The number of hydrogen-bond donors (Lipinski definition) is 0. The van der Waals surface area contributed by atoms with Crippen molar-refractivity contribution in [2.75, 3.05) is 0 Å². The Morgan fingerprint density at radius 3 is 2.60 bits per heavy atom. The van der Waals surface area contributed by atoms with Crippen molar-refractivity contribution < 1.29 is 0 Å². The summed E-state index contributed by atoms with van der Waals surface area (Å²) in [5.74, 6) is 3.73. The van der Waals surface area contributed by atoms with Crippen molar-refractivity contribution in [1.82, 2.24) is 0 Å². The molecule has 1 aliphatic rings. The molecule has 15 heavy (non-hydrogen) atoms. The Morgan fingerprint density at radius 2 is 1.80 bits per heavy atom. The molecule has 0 N–H and O–H groups in total. The number of fused-ring (bicyclic) bond motifs is 1. The maximum Gasteiger partial charge on any atom is 0.0603 e. The summed E-state index contributed by atoms with van der Waals surface area (Å²) in [6.07, 6.45) is 4.47. The number of rotatable bonds is 1. The van der Waals surface area contributed by atoms with Crippen LogP contribution in [-0.4, -0.2) is 0 Å². The highest BCUT2D eigenvalue weighted by Gasteiger charge is 2.20. The van der Waals surface area contributed by atoms with Gasteiger partial charge in [-0.3, -0.25) is 0 Å². The Bertz CT molecular complexity index is 520. The summed E-state index contributed by atoms with van der Waals surface area (Å²) in [6.45, 7) is 2.31. The fourth-order valence-electron chi connectivity index (χ4n) is 2.11. The van der Waals surface area contributed by atoms with Crippen LogP contribution in [0.3, 0.4) is 0 Å². The summed E-state index contributed by atoms with van der Waals surface area (Å²) >= 11 is 0. The van der Waals surface area contributed by atoms with Crippen LogP contribution in [0.1, 0.15) is 16.4 Å².